The quantitative estimate of drug-likeness (QED) is 0.679. The average Bonchev–Trinajstić information content (AvgIpc) is 3.20. The summed E-state index contributed by atoms with van der Waals surface area (Å²) in [7, 11) is 0. The van der Waals surface area contributed by atoms with E-state index in [1.165, 1.54) is 12.1 Å². The van der Waals surface area contributed by atoms with Crippen molar-refractivity contribution in [1.82, 2.24) is 9.88 Å². The third-order valence-electron chi connectivity index (χ3n) is 6.08. The Bertz CT molecular complexity index is 1090. The summed E-state index contributed by atoms with van der Waals surface area (Å²) in [6, 6.07) is 10.8. The van der Waals surface area contributed by atoms with Gasteiger partial charge in [-0.2, -0.15) is 0 Å². The number of hydrogen-bond donors (Lipinski definition) is 1. The van der Waals surface area contributed by atoms with Crippen molar-refractivity contribution in [3.8, 4) is 11.5 Å². The zero-order chi connectivity index (χ0) is 21.2. The number of H-pyrrole nitrogens is 1. The molecule has 0 aliphatic carbocycles. The van der Waals surface area contributed by atoms with Crippen LogP contribution in [0.1, 0.15) is 18.4 Å². The maximum absolute atomic E-state index is 13.3. The number of piperazine rings is 1. The fourth-order valence-electron chi connectivity index (χ4n) is 4.46. The molecule has 1 saturated heterocycles. The van der Waals surface area contributed by atoms with Crippen LogP contribution in [0.4, 0.5) is 10.1 Å². The van der Waals surface area contributed by atoms with Gasteiger partial charge in [-0.05, 0) is 48.7 Å². The van der Waals surface area contributed by atoms with Gasteiger partial charge in [0.1, 0.15) is 19.0 Å². The predicted octanol–water partition coefficient (Wildman–Crippen LogP) is 3.75. The Morgan fingerprint density at radius 3 is 2.77 bits per heavy atom. The number of ether oxygens (including phenoxy) is 2. The van der Waals surface area contributed by atoms with Crippen molar-refractivity contribution in [2.75, 3.05) is 44.3 Å². The minimum atomic E-state index is -0.245. The number of halogens is 1. The number of amides is 1. The number of benzene rings is 2. The third kappa shape index (κ3) is 4.04. The molecule has 6 nitrogen and oxygen atoms in total. The van der Waals surface area contributed by atoms with E-state index in [2.05, 4.69) is 16.0 Å². The number of aryl methyl sites for hydroxylation is 1. The standard InChI is InChI=1S/C24H26FN3O3/c25-18-7-8-19-17(16-26-20(19)15-18)3-1-6-23(29)28-11-9-27(10-12-28)21-4-2-5-22-24(21)31-14-13-30-22/h2,4-5,7-8,15-16,26H,1,3,6,9-14H2. The van der Waals surface area contributed by atoms with Gasteiger partial charge in [-0.3, -0.25) is 4.79 Å². The molecule has 31 heavy (non-hydrogen) atoms. The lowest BCUT2D eigenvalue weighted by Gasteiger charge is -2.37. The lowest BCUT2D eigenvalue weighted by atomic mass is 10.1. The Hall–Kier alpha value is -3.22. The van der Waals surface area contributed by atoms with Gasteiger partial charge < -0.3 is 24.3 Å². The van der Waals surface area contributed by atoms with Gasteiger partial charge in [0.25, 0.3) is 0 Å². The molecular formula is C24H26FN3O3. The van der Waals surface area contributed by atoms with Gasteiger partial charge in [0.15, 0.2) is 11.5 Å². The van der Waals surface area contributed by atoms with E-state index in [1.807, 2.05) is 23.2 Å². The molecule has 2 aliphatic heterocycles. The van der Waals surface area contributed by atoms with Crippen LogP contribution in [-0.4, -0.2) is 55.2 Å². The number of hydrogen-bond acceptors (Lipinski definition) is 4. The van der Waals surface area contributed by atoms with Crippen LogP contribution in [0.2, 0.25) is 0 Å². The Balaban J connectivity index is 1.14. The molecule has 0 spiro atoms. The molecular weight excluding hydrogens is 397 g/mol. The maximum atomic E-state index is 13.3. The summed E-state index contributed by atoms with van der Waals surface area (Å²) < 4.78 is 24.9. The van der Waals surface area contributed by atoms with E-state index in [-0.39, 0.29) is 11.7 Å². The van der Waals surface area contributed by atoms with E-state index < -0.39 is 0 Å². The Morgan fingerprint density at radius 2 is 1.90 bits per heavy atom. The fraction of sp³-hybridized carbons (Fsp3) is 0.375. The van der Waals surface area contributed by atoms with Gasteiger partial charge in [-0.1, -0.05) is 6.07 Å². The van der Waals surface area contributed by atoms with Gasteiger partial charge >= 0.3 is 0 Å². The highest BCUT2D eigenvalue weighted by Crippen LogP contribution is 2.39. The SMILES string of the molecule is O=C(CCCc1c[nH]c2cc(F)ccc12)N1CCN(c2cccc3c2OCCO3)CC1. The molecule has 5 rings (SSSR count). The molecule has 1 N–H and O–H groups in total. The van der Waals surface area contributed by atoms with Crippen LogP contribution in [0.3, 0.4) is 0 Å². The van der Waals surface area contributed by atoms with Gasteiger partial charge in [0.2, 0.25) is 5.91 Å². The second-order valence-corrected chi connectivity index (χ2v) is 8.03. The number of carbonyl (C=O) groups is 1. The topological polar surface area (TPSA) is 57.8 Å². The van der Waals surface area contributed by atoms with Gasteiger partial charge in [-0.15, -0.1) is 0 Å². The summed E-state index contributed by atoms with van der Waals surface area (Å²) in [4.78, 5) is 20.0. The molecule has 3 heterocycles. The van der Waals surface area contributed by atoms with Crippen molar-refractivity contribution >= 4 is 22.5 Å². The Labute approximate surface area is 180 Å². The number of anilines is 1. The van der Waals surface area contributed by atoms with Crippen LogP contribution >= 0.6 is 0 Å². The molecule has 0 bridgehead atoms. The second-order valence-electron chi connectivity index (χ2n) is 8.03. The zero-order valence-electron chi connectivity index (χ0n) is 17.4. The zero-order valence-corrected chi connectivity index (χ0v) is 17.4. The largest absolute Gasteiger partial charge is 0.486 e. The van der Waals surface area contributed by atoms with Crippen molar-refractivity contribution in [3.63, 3.8) is 0 Å². The van der Waals surface area contributed by atoms with E-state index in [9.17, 15) is 9.18 Å². The number of para-hydroxylation sites is 1. The van der Waals surface area contributed by atoms with E-state index in [4.69, 9.17) is 9.47 Å². The first-order valence-electron chi connectivity index (χ1n) is 10.9. The monoisotopic (exact) mass is 423 g/mol. The van der Waals surface area contributed by atoms with Crippen LogP contribution in [0.25, 0.3) is 10.9 Å². The highest BCUT2D eigenvalue weighted by molar-refractivity contribution is 5.83. The second kappa shape index (κ2) is 8.49. The van der Waals surface area contributed by atoms with Crippen LogP contribution in [0.15, 0.2) is 42.6 Å². The van der Waals surface area contributed by atoms with Gasteiger partial charge in [-0.25, -0.2) is 4.39 Å². The molecule has 3 aromatic rings. The number of nitrogens with one attached hydrogen (secondary N) is 1. The van der Waals surface area contributed by atoms with Crippen LogP contribution in [-0.2, 0) is 11.2 Å². The van der Waals surface area contributed by atoms with E-state index >= 15 is 0 Å². The molecule has 1 amide bonds. The highest BCUT2D eigenvalue weighted by atomic mass is 19.1. The van der Waals surface area contributed by atoms with Gasteiger partial charge in [0, 0.05) is 49.7 Å². The highest BCUT2D eigenvalue weighted by Gasteiger charge is 2.25. The maximum Gasteiger partial charge on any atom is 0.222 e. The molecule has 162 valence electrons. The summed E-state index contributed by atoms with van der Waals surface area (Å²) in [5.74, 6) is 1.56. The Kier molecular flexibility index (Phi) is 5.40. The minimum Gasteiger partial charge on any atom is -0.486 e. The number of carbonyl (C=O) groups excluding carboxylic acids is 1. The normalized spacial score (nSPS) is 16.0. The predicted molar refractivity (Wildman–Crippen MR) is 117 cm³/mol. The van der Waals surface area contributed by atoms with Crippen molar-refractivity contribution < 1.29 is 18.7 Å². The molecule has 0 saturated carbocycles. The number of aromatic amines is 1. The number of aromatic nitrogens is 1. The number of nitrogens with zero attached hydrogens (tertiary/aromatic N) is 2. The number of fused-ring (bicyclic) bond motifs is 2. The van der Waals surface area contributed by atoms with E-state index in [1.54, 1.807) is 6.07 Å². The lowest BCUT2D eigenvalue weighted by molar-refractivity contribution is -0.131. The number of rotatable bonds is 5. The third-order valence-corrected chi connectivity index (χ3v) is 6.08. The first-order valence-corrected chi connectivity index (χ1v) is 10.9. The molecule has 1 aromatic heterocycles. The van der Waals surface area contributed by atoms with Crippen molar-refractivity contribution in [2.24, 2.45) is 0 Å². The Morgan fingerprint density at radius 1 is 1.06 bits per heavy atom. The molecule has 1 fully saturated rings. The van der Waals surface area contributed by atoms with E-state index in [0.717, 1.165) is 59.6 Å². The summed E-state index contributed by atoms with van der Waals surface area (Å²) in [6.07, 6.45) is 4.01. The summed E-state index contributed by atoms with van der Waals surface area (Å²) in [6.45, 7) is 4.10. The van der Waals surface area contributed by atoms with Gasteiger partial charge in [0.05, 0.1) is 5.69 Å². The molecule has 0 unspecified atom stereocenters. The van der Waals surface area contributed by atoms with Crippen molar-refractivity contribution in [2.45, 2.75) is 19.3 Å². The molecule has 2 aliphatic rings. The molecule has 0 atom stereocenters. The average molecular weight is 423 g/mol. The van der Waals surface area contributed by atoms with E-state index in [0.29, 0.717) is 32.7 Å². The van der Waals surface area contributed by atoms with Crippen molar-refractivity contribution in [1.29, 1.82) is 0 Å². The summed E-state index contributed by atoms with van der Waals surface area (Å²) >= 11 is 0. The lowest BCUT2D eigenvalue weighted by Crippen LogP contribution is -2.49. The van der Waals surface area contributed by atoms with Crippen molar-refractivity contribution in [3.05, 3.63) is 54.0 Å². The van der Waals surface area contributed by atoms with Crippen LogP contribution in [0.5, 0.6) is 11.5 Å². The molecule has 2 aromatic carbocycles. The molecule has 7 heteroatoms. The smallest absolute Gasteiger partial charge is 0.222 e. The summed E-state index contributed by atoms with van der Waals surface area (Å²) in [5, 5.41) is 1.03. The van der Waals surface area contributed by atoms with Crippen LogP contribution in [0, 0.1) is 5.82 Å². The summed E-state index contributed by atoms with van der Waals surface area (Å²) in [5.41, 5.74) is 2.97. The van der Waals surface area contributed by atoms with Crippen LogP contribution < -0.4 is 14.4 Å². The fourth-order valence-corrected chi connectivity index (χ4v) is 4.46. The minimum absolute atomic E-state index is 0.195. The molecule has 0 radical (unpaired) electrons. The first-order chi connectivity index (χ1) is 15.2. The first kappa shape index (κ1) is 19.7.